The molecule has 4 aliphatic rings. The molecule has 4 heterocycles. The Kier molecular flexibility index (Phi) is 7.87. The van der Waals surface area contributed by atoms with Crippen molar-refractivity contribution < 1.29 is 28.5 Å². The molecule has 0 aromatic heterocycles. The number of hydrogen-bond donors (Lipinski definition) is 1. The molecule has 2 aromatic carbocycles. The van der Waals surface area contributed by atoms with Gasteiger partial charge in [-0.15, -0.1) is 0 Å². The summed E-state index contributed by atoms with van der Waals surface area (Å²) in [5, 5.41) is 0. The minimum Gasteiger partial charge on any atom is -0.493 e. The van der Waals surface area contributed by atoms with Gasteiger partial charge in [-0.1, -0.05) is 24.3 Å². The number of carbonyl (C=O) groups is 2. The van der Waals surface area contributed by atoms with Crippen LogP contribution >= 0.6 is 0 Å². The molecule has 0 radical (unpaired) electrons. The van der Waals surface area contributed by atoms with E-state index in [1.807, 2.05) is 17.0 Å². The maximum atomic E-state index is 13.3. The lowest BCUT2D eigenvalue weighted by Gasteiger charge is -2.29. The van der Waals surface area contributed by atoms with E-state index >= 15 is 0 Å². The number of nitrogens with two attached hydrogens (primary N) is 1. The second kappa shape index (κ2) is 11.8. The van der Waals surface area contributed by atoms with Crippen molar-refractivity contribution in [3.8, 4) is 23.0 Å². The zero-order chi connectivity index (χ0) is 30.1. The molecule has 2 N–H and O–H groups in total. The molecule has 2 atom stereocenters. The zero-order valence-electron chi connectivity index (χ0n) is 24.8. The quantitative estimate of drug-likeness (QED) is 0.316. The van der Waals surface area contributed by atoms with Crippen molar-refractivity contribution in [3.05, 3.63) is 59.2 Å². The summed E-state index contributed by atoms with van der Waals surface area (Å²) in [4.78, 5) is 34.5. The van der Waals surface area contributed by atoms with Gasteiger partial charge < -0.3 is 34.5 Å². The summed E-state index contributed by atoms with van der Waals surface area (Å²) >= 11 is 0. The Balaban J connectivity index is 1.03. The molecule has 0 bridgehead atoms. The number of ether oxygens (including phenoxy) is 4. The van der Waals surface area contributed by atoms with Crippen LogP contribution < -0.4 is 24.7 Å². The van der Waals surface area contributed by atoms with Crippen LogP contribution in [0.3, 0.4) is 0 Å². The summed E-state index contributed by atoms with van der Waals surface area (Å²) in [5.41, 5.74) is 8.84. The molecule has 6 rings (SSSR count). The Hall–Kier alpha value is -4.31. The summed E-state index contributed by atoms with van der Waals surface area (Å²) in [7, 11) is 3.14. The van der Waals surface area contributed by atoms with Gasteiger partial charge in [0.15, 0.2) is 23.0 Å². The molecule has 2 aromatic rings. The number of hydrogen-bond acceptors (Lipinski definition) is 8. The third kappa shape index (κ3) is 5.47. The van der Waals surface area contributed by atoms with Gasteiger partial charge in [-0.05, 0) is 55.9 Å². The maximum absolute atomic E-state index is 13.3. The molecule has 10 nitrogen and oxygen atoms in total. The smallest absolute Gasteiger partial charge is 0.258 e. The van der Waals surface area contributed by atoms with Gasteiger partial charge in [-0.25, -0.2) is 0 Å². The van der Waals surface area contributed by atoms with Crippen LogP contribution in [0.2, 0.25) is 0 Å². The summed E-state index contributed by atoms with van der Waals surface area (Å²) in [5.74, 6) is 2.03. The normalized spacial score (nSPS) is 22.0. The average Bonchev–Trinajstić information content (AvgIpc) is 3.55. The molecular weight excluding hydrogens is 548 g/mol. The zero-order valence-corrected chi connectivity index (χ0v) is 24.8. The van der Waals surface area contributed by atoms with E-state index in [4.69, 9.17) is 24.7 Å². The van der Waals surface area contributed by atoms with Gasteiger partial charge in [0.25, 0.3) is 11.8 Å². The lowest BCUT2D eigenvalue weighted by atomic mass is 10.1. The summed E-state index contributed by atoms with van der Waals surface area (Å²) in [6, 6.07) is 7.27. The highest BCUT2D eigenvalue weighted by atomic mass is 16.5. The third-order valence-corrected chi connectivity index (χ3v) is 8.53. The largest absolute Gasteiger partial charge is 0.493 e. The van der Waals surface area contributed by atoms with E-state index in [-0.39, 0.29) is 17.9 Å². The van der Waals surface area contributed by atoms with Crippen molar-refractivity contribution in [2.45, 2.75) is 50.2 Å². The monoisotopic (exact) mass is 586 g/mol. The van der Waals surface area contributed by atoms with E-state index in [0.29, 0.717) is 66.0 Å². The van der Waals surface area contributed by atoms with Crippen LogP contribution in [0.15, 0.2) is 47.5 Å². The first-order valence-electron chi connectivity index (χ1n) is 14.8. The van der Waals surface area contributed by atoms with Gasteiger partial charge in [0.2, 0.25) is 0 Å². The van der Waals surface area contributed by atoms with Crippen LogP contribution in [0.5, 0.6) is 23.0 Å². The fraction of sp³-hybridized carbons (Fsp3) is 0.424. The second-order valence-electron chi connectivity index (χ2n) is 11.5. The molecule has 0 saturated carbocycles. The van der Waals surface area contributed by atoms with Gasteiger partial charge in [-0.3, -0.25) is 14.6 Å². The average molecular weight is 587 g/mol. The Morgan fingerprint density at radius 1 is 0.953 bits per heavy atom. The number of amides is 2. The SMILES string of the molecule is C=C1CN2C(=O)c3cc(OC)c(OCCCCCOc4cc5c(cc4OC)C(=O)N4CCC[C@H]4C=C5)cc3N=C[C@]2(N)C1. The molecule has 2 fully saturated rings. The van der Waals surface area contributed by atoms with Crippen molar-refractivity contribution >= 4 is 29.8 Å². The molecule has 2 saturated heterocycles. The summed E-state index contributed by atoms with van der Waals surface area (Å²) in [6.07, 6.45) is 10.8. The fourth-order valence-electron chi connectivity index (χ4n) is 6.26. The van der Waals surface area contributed by atoms with Crippen LogP contribution in [-0.2, 0) is 0 Å². The fourth-order valence-corrected chi connectivity index (χ4v) is 6.26. The molecule has 0 aliphatic carbocycles. The molecule has 2 amide bonds. The Labute approximate surface area is 251 Å². The Morgan fingerprint density at radius 3 is 2.37 bits per heavy atom. The summed E-state index contributed by atoms with van der Waals surface area (Å²) < 4.78 is 23.2. The van der Waals surface area contributed by atoms with Crippen molar-refractivity contribution in [2.75, 3.05) is 40.5 Å². The molecule has 0 spiro atoms. The molecule has 10 heteroatoms. The first-order valence-corrected chi connectivity index (χ1v) is 14.8. The van der Waals surface area contributed by atoms with E-state index in [2.05, 4.69) is 17.6 Å². The first kappa shape index (κ1) is 28.8. The first-order chi connectivity index (χ1) is 20.8. The van der Waals surface area contributed by atoms with E-state index in [1.54, 1.807) is 43.5 Å². The minimum atomic E-state index is -0.975. The van der Waals surface area contributed by atoms with Crippen molar-refractivity contribution in [1.82, 2.24) is 9.80 Å². The number of rotatable bonds is 10. The highest BCUT2D eigenvalue weighted by molar-refractivity contribution is 6.05. The van der Waals surface area contributed by atoms with E-state index in [0.717, 1.165) is 49.8 Å². The van der Waals surface area contributed by atoms with Crippen LogP contribution in [0, 0.1) is 0 Å². The molecule has 4 aliphatic heterocycles. The highest BCUT2D eigenvalue weighted by Gasteiger charge is 2.43. The number of unbranched alkanes of at least 4 members (excludes halogenated alkanes) is 2. The number of carbonyl (C=O) groups excluding carboxylic acids is 2. The standard InChI is InChI=1S/C33H38N4O6/c1-21-18-33(34)20-35-26-17-30(28(41-3)16-25(26)32(39)37(33)19-21)43-13-6-4-5-12-42-29-14-22-9-10-23-8-7-11-36(23)31(38)24(22)15-27(29)40-2/h9-10,14-17,20,23H,1,4-8,11-13,18-19,34H2,2-3H3/t23-,33-/m0/s1. The van der Waals surface area contributed by atoms with Crippen molar-refractivity contribution in [1.29, 1.82) is 0 Å². The molecular formula is C33H38N4O6. The second-order valence-corrected chi connectivity index (χ2v) is 11.5. The van der Waals surface area contributed by atoms with Crippen LogP contribution in [0.1, 0.15) is 64.8 Å². The lowest BCUT2D eigenvalue weighted by Crippen LogP contribution is -2.54. The molecule has 226 valence electrons. The number of aliphatic imine (C=N–C) groups is 1. The van der Waals surface area contributed by atoms with Crippen LogP contribution in [0.25, 0.3) is 6.08 Å². The van der Waals surface area contributed by atoms with E-state index in [9.17, 15) is 9.59 Å². The predicted octanol–water partition coefficient (Wildman–Crippen LogP) is 4.74. The minimum absolute atomic E-state index is 0.0479. The van der Waals surface area contributed by atoms with Crippen LogP contribution in [0.4, 0.5) is 5.69 Å². The van der Waals surface area contributed by atoms with Gasteiger partial charge >= 0.3 is 0 Å². The van der Waals surface area contributed by atoms with Crippen molar-refractivity contribution in [2.24, 2.45) is 10.7 Å². The summed E-state index contributed by atoms with van der Waals surface area (Å²) in [6.45, 7) is 6.16. The van der Waals surface area contributed by atoms with Gasteiger partial charge in [0, 0.05) is 31.8 Å². The molecule has 0 unspecified atom stereocenters. The number of benzene rings is 2. The van der Waals surface area contributed by atoms with E-state index in [1.165, 1.54) is 0 Å². The Bertz CT molecular complexity index is 1520. The van der Waals surface area contributed by atoms with Gasteiger partial charge in [0.05, 0.1) is 50.3 Å². The number of fused-ring (bicyclic) bond motifs is 4. The van der Waals surface area contributed by atoms with E-state index < -0.39 is 5.66 Å². The highest BCUT2D eigenvalue weighted by Crippen LogP contribution is 2.40. The maximum Gasteiger partial charge on any atom is 0.258 e. The van der Waals surface area contributed by atoms with Gasteiger partial charge in [-0.2, -0.15) is 0 Å². The predicted molar refractivity (Wildman–Crippen MR) is 164 cm³/mol. The molecule has 43 heavy (non-hydrogen) atoms. The number of nitrogens with zero attached hydrogens (tertiary/aromatic N) is 3. The number of methoxy groups -OCH3 is 2. The lowest BCUT2D eigenvalue weighted by molar-refractivity contribution is 0.0702. The topological polar surface area (TPSA) is 116 Å². The Morgan fingerprint density at radius 2 is 1.65 bits per heavy atom. The van der Waals surface area contributed by atoms with Crippen LogP contribution in [-0.4, -0.2) is 80.1 Å². The van der Waals surface area contributed by atoms with Gasteiger partial charge in [0.1, 0.15) is 5.66 Å². The third-order valence-electron chi connectivity index (χ3n) is 8.53. The van der Waals surface area contributed by atoms with Crippen molar-refractivity contribution in [3.63, 3.8) is 0 Å².